The van der Waals surface area contributed by atoms with Crippen molar-refractivity contribution in [3.63, 3.8) is 0 Å². The molecule has 0 heterocycles. The molecule has 0 aromatic heterocycles. The second-order valence-electron chi connectivity index (χ2n) is 2.38. The van der Waals surface area contributed by atoms with Gasteiger partial charge in [0.2, 0.25) is 20.2 Å². The molecule has 61 valence electrons. The molecule has 0 fully saturated rings. The van der Waals surface area contributed by atoms with Crippen LogP contribution in [0.25, 0.3) is 0 Å². The predicted molar refractivity (Wildman–Crippen MR) is 47.4 cm³/mol. The molecule has 0 aliphatic heterocycles. The fourth-order valence-electron chi connectivity index (χ4n) is 0.544. The topological polar surface area (TPSA) is 18.5 Å². The molecule has 0 aliphatic carbocycles. The standard InChI is InChI=1S/C7H13O2Si2/c1-4-7(11-9-10)8-5-6(2)3/h7H,2,4-5H2,1,3H3. The Morgan fingerprint density at radius 2 is 2.36 bits per heavy atom. The summed E-state index contributed by atoms with van der Waals surface area (Å²) in [4.78, 5) is 0. The summed E-state index contributed by atoms with van der Waals surface area (Å²) in [6, 6.07) is 0. The highest BCUT2D eigenvalue weighted by molar-refractivity contribution is 6.35. The van der Waals surface area contributed by atoms with Crippen LogP contribution in [-0.4, -0.2) is 32.6 Å². The van der Waals surface area contributed by atoms with E-state index in [1.165, 1.54) is 0 Å². The third kappa shape index (κ3) is 6.49. The molecular formula is C7H13O2Si2. The van der Waals surface area contributed by atoms with E-state index in [-0.39, 0.29) is 5.73 Å². The number of rotatable bonds is 6. The summed E-state index contributed by atoms with van der Waals surface area (Å²) < 4.78 is 10.3. The van der Waals surface area contributed by atoms with Crippen LogP contribution >= 0.6 is 0 Å². The molecule has 0 saturated carbocycles. The lowest BCUT2D eigenvalue weighted by atomic mass is 10.4. The van der Waals surface area contributed by atoms with Crippen LogP contribution in [0, 0.1) is 0 Å². The smallest absolute Gasteiger partial charge is 0.248 e. The second kappa shape index (κ2) is 6.78. The van der Waals surface area contributed by atoms with E-state index >= 15 is 0 Å². The molecule has 0 aliphatic rings. The zero-order valence-corrected chi connectivity index (χ0v) is 9.02. The molecule has 0 bridgehead atoms. The Kier molecular flexibility index (Phi) is 6.84. The molecule has 0 rings (SSSR count). The maximum absolute atomic E-state index is 5.45. The Hall–Kier alpha value is 0.0938. The van der Waals surface area contributed by atoms with E-state index in [1.807, 2.05) is 6.92 Å². The average molecular weight is 185 g/mol. The Morgan fingerprint density at radius 1 is 1.73 bits per heavy atom. The summed E-state index contributed by atoms with van der Waals surface area (Å²) in [6.45, 7) is 8.39. The van der Waals surface area contributed by atoms with Crippen molar-refractivity contribution in [2.45, 2.75) is 26.0 Å². The van der Waals surface area contributed by atoms with Gasteiger partial charge in [0.25, 0.3) is 0 Å². The molecule has 0 spiro atoms. The van der Waals surface area contributed by atoms with Gasteiger partial charge in [0.15, 0.2) is 0 Å². The lowest BCUT2D eigenvalue weighted by Crippen LogP contribution is -2.22. The van der Waals surface area contributed by atoms with Crippen molar-refractivity contribution in [2.75, 3.05) is 6.61 Å². The Balaban J connectivity index is 3.43. The van der Waals surface area contributed by atoms with Crippen molar-refractivity contribution in [1.82, 2.24) is 0 Å². The van der Waals surface area contributed by atoms with Gasteiger partial charge in [0.05, 0.1) is 12.3 Å². The summed E-state index contributed by atoms with van der Waals surface area (Å²) in [7, 11) is 3.31. The van der Waals surface area contributed by atoms with Gasteiger partial charge in [0.1, 0.15) is 0 Å². The summed E-state index contributed by atoms with van der Waals surface area (Å²) in [5, 5.41) is 0. The highest BCUT2D eigenvalue weighted by atomic mass is 28.3. The Bertz CT molecular complexity index is 117. The minimum Gasteiger partial charge on any atom is -0.456 e. The molecule has 1 atom stereocenters. The largest absolute Gasteiger partial charge is 0.456 e. The van der Waals surface area contributed by atoms with E-state index in [4.69, 9.17) is 8.85 Å². The van der Waals surface area contributed by atoms with Gasteiger partial charge in [0, 0.05) is 0 Å². The van der Waals surface area contributed by atoms with Crippen LogP contribution in [0.4, 0.5) is 0 Å². The van der Waals surface area contributed by atoms with Crippen LogP contribution in [0.5, 0.6) is 0 Å². The summed E-state index contributed by atoms with van der Waals surface area (Å²) in [5.41, 5.74) is 1.24. The lowest BCUT2D eigenvalue weighted by Gasteiger charge is -2.12. The molecule has 1 unspecified atom stereocenters. The number of hydrogen-bond donors (Lipinski definition) is 0. The fourth-order valence-corrected chi connectivity index (χ4v) is 1.39. The van der Waals surface area contributed by atoms with Crippen molar-refractivity contribution in [1.29, 1.82) is 0 Å². The molecule has 11 heavy (non-hydrogen) atoms. The molecule has 4 heteroatoms. The third-order valence-corrected chi connectivity index (χ3v) is 2.40. The molecule has 0 N–H and O–H groups in total. The molecule has 2 nitrogen and oxygen atoms in total. The van der Waals surface area contributed by atoms with Gasteiger partial charge in [-0.15, -0.1) is 0 Å². The fraction of sp³-hybridized carbons (Fsp3) is 0.714. The van der Waals surface area contributed by atoms with Crippen molar-refractivity contribution in [3.05, 3.63) is 12.2 Å². The summed E-state index contributed by atoms with van der Waals surface area (Å²) in [6.07, 6.45) is 0.968. The first kappa shape index (κ1) is 11.1. The van der Waals surface area contributed by atoms with Gasteiger partial charge in [-0.2, -0.15) is 0 Å². The normalized spacial score (nSPS) is 13.0. The predicted octanol–water partition coefficient (Wildman–Crippen LogP) is 1.03. The van der Waals surface area contributed by atoms with E-state index in [1.54, 1.807) is 0 Å². The highest BCUT2D eigenvalue weighted by Crippen LogP contribution is 1.98. The van der Waals surface area contributed by atoms with Crippen LogP contribution in [0.15, 0.2) is 12.2 Å². The van der Waals surface area contributed by atoms with E-state index < -0.39 is 0 Å². The van der Waals surface area contributed by atoms with Gasteiger partial charge in [-0.05, 0) is 13.3 Å². The monoisotopic (exact) mass is 185 g/mol. The third-order valence-electron chi connectivity index (χ3n) is 1.09. The van der Waals surface area contributed by atoms with E-state index in [2.05, 4.69) is 24.0 Å². The van der Waals surface area contributed by atoms with Gasteiger partial charge in [-0.3, -0.25) is 0 Å². The first-order valence-electron chi connectivity index (χ1n) is 3.54. The van der Waals surface area contributed by atoms with E-state index in [9.17, 15) is 0 Å². The summed E-state index contributed by atoms with van der Waals surface area (Å²) >= 11 is 0. The second-order valence-corrected chi connectivity index (χ2v) is 4.08. The summed E-state index contributed by atoms with van der Waals surface area (Å²) in [5.74, 6) is 0. The molecule has 5 radical (unpaired) electrons. The van der Waals surface area contributed by atoms with Gasteiger partial charge < -0.3 is 8.85 Å². The van der Waals surface area contributed by atoms with Crippen LogP contribution < -0.4 is 0 Å². The quantitative estimate of drug-likeness (QED) is 0.455. The van der Waals surface area contributed by atoms with Crippen LogP contribution in [-0.2, 0) is 8.85 Å². The Labute approximate surface area is 74.5 Å². The number of hydrogen-bond acceptors (Lipinski definition) is 2. The van der Waals surface area contributed by atoms with Crippen molar-refractivity contribution < 1.29 is 8.85 Å². The lowest BCUT2D eigenvalue weighted by molar-refractivity contribution is 0.116. The van der Waals surface area contributed by atoms with Gasteiger partial charge >= 0.3 is 0 Å². The van der Waals surface area contributed by atoms with Gasteiger partial charge in [-0.25, -0.2) is 0 Å². The van der Waals surface area contributed by atoms with Gasteiger partial charge in [-0.1, -0.05) is 19.1 Å². The highest BCUT2D eigenvalue weighted by Gasteiger charge is 2.07. The molecule has 0 saturated heterocycles. The van der Waals surface area contributed by atoms with E-state index in [0.29, 0.717) is 16.4 Å². The van der Waals surface area contributed by atoms with Crippen LogP contribution in [0.3, 0.4) is 0 Å². The first-order chi connectivity index (χ1) is 5.20. The first-order valence-corrected chi connectivity index (χ1v) is 4.94. The van der Waals surface area contributed by atoms with Crippen LogP contribution in [0.2, 0.25) is 0 Å². The maximum Gasteiger partial charge on any atom is 0.248 e. The van der Waals surface area contributed by atoms with Crippen molar-refractivity contribution in [3.8, 4) is 0 Å². The van der Waals surface area contributed by atoms with Crippen LogP contribution in [0.1, 0.15) is 20.3 Å². The molecule has 0 aromatic carbocycles. The molecular weight excluding hydrogens is 172 g/mol. The molecule has 0 aromatic rings. The van der Waals surface area contributed by atoms with Crippen molar-refractivity contribution >= 4 is 20.2 Å². The van der Waals surface area contributed by atoms with Crippen molar-refractivity contribution in [2.24, 2.45) is 0 Å². The SMILES string of the molecule is C=C(C)COC(CC)[Si]O[Si]. The maximum atomic E-state index is 5.45. The zero-order valence-electron chi connectivity index (χ0n) is 7.02. The molecule has 0 amide bonds. The minimum absolute atomic E-state index is 0.198. The average Bonchev–Trinajstić information content (AvgIpc) is 1.97. The zero-order chi connectivity index (χ0) is 8.69. The minimum atomic E-state index is 0.198. The van der Waals surface area contributed by atoms with E-state index in [0.717, 1.165) is 12.0 Å². The Morgan fingerprint density at radius 3 is 2.73 bits per heavy atom. The number of ether oxygens (including phenoxy) is 1.